The number of rotatable bonds is 4. The lowest BCUT2D eigenvalue weighted by Crippen LogP contribution is -2.45. The Morgan fingerprint density at radius 3 is 2.72 bits per heavy atom. The number of fused-ring (bicyclic) bond motifs is 1. The van der Waals surface area contributed by atoms with E-state index in [0.717, 1.165) is 12.8 Å². The fourth-order valence-corrected chi connectivity index (χ4v) is 3.34. The van der Waals surface area contributed by atoms with Crippen molar-refractivity contribution in [1.82, 2.24) is 15.3 Å². The van der Waals surface area contributed by atoms with Crippen LogP contribution in [0.4, 0.5) is 0 Å². The number of nitrogens with one attached hydrogen (secondary N) is 1. The Morgan fingerprint density at radius 1 is 1.16 bits per heavy atom. The standard InChI is InChI=1S/C19H23N3O3/c1-12-4-3-5-15(13(12)2)22-18(23)11-25-19(24)14-6-7-16-17(10-14)21-9-8-20-16/h6-10,12-13,15H,3-5,11H2,1-2H3,(H,22,23)/t12-,13-,15-/m1/s1. The van der Waals surface area contributed by atoms with E-state index in [0.29, 0.717) is 28.4 Å². The first-order chi connectivity index (χ1) is 12.0. The highest BCUT2D eigenvalue weighted by Crippen LogP contribution is 2.29. The average Bonchev–Trinajstić information content (AvgIpc) is 2.63. The maximum Gasteiger partial charge on any atom is 0.338 e. The van der Waals surface area contributed by atoms with Crippen LogP contribution >= 0.6 is 0 Å². The van der Waals surface area contributed by atoms with Gasteiger partial charge in [-0.2, -0.15) is 0 Å². The van der Waals surface area contributed by atoms with Gasteiger partial charge in [-0.1, -0.05) is 26.7 Å². The van der Waals surface area contributed by atoms with Crippen LogP contribution in [-0.2, 0) is 9.53 Å². The zero-order valence-corrected chi connectivity index (χ0v) is 14.6. The summed E-state index contributed by atoms with van der Waals surface area (Å²) in [7, 11) is 0. The van der Waals surface area contributed by atoms with E-state index in [-0.39, 0.29) is 18.6 Å². The second kappa shape index (κ2) is 7.59. The molecule has 1 aromatic carbocycles. The molecule has 6 heteroatoms. The number of benzene rings is 1. The summed E-state index contributed by atoms with van der Waals surface area (Å²) in [6, 6.07) is 5.12. The number of hydrogen-bond donors (Lipinski definition) is 1. The van der Waals surface area contributed by atoms with Gasteiger partial charge in [0.15, 0.2) is 6.61 Å². The number of aromatic nitrogens is 2. The Balaban J connectivity index is 1.55. The van der Waals surface area contributed by atoms with Crippen molar-refractivity contribution in [2.45, 2.75) is 39.2 Å². The van der Waals surface area contributed by atoms with Crippen LogP contribution < -0.4 is 5.32 Å². The number of amides is 1. The van der Waals surface area contributed by atoms with Crippen LogP contribution in [0.2, 0.25) is 0 Å². The normalized spacial score (nSPS) is 23.2. The first-order valence-corrected chi connectivity index (χ1v) is 8.72. The zero-order chi connectivity index (χ0) is 17.8. The Morgan fingerprint density at radius 2 is 1.92 bits per heavy atom. The van der Waals surface area contributed by atoms with E-state index in [1.54, 1.807) is 30.6 Å². The van der Waals surface area contributed by atoms with Gasteiger partial charge in [0.05, 0.1) is 16.6 Å². The highest BCUT2D eigenvalue weighted by atomic mass is 16.5. The molecule has 1 aliphatic carbocycles. The van der Waals surface area contributed by atoms with Crippen molar-refractivity contribution < 1.29 is 14.3 Å². The number of carbonyl (C=O) groups is 2. The molecule has 1 heterocycles. The molecule has 2 aromatic rings. The molecule has 1 fully saturated rings. The molecule has 132 valence electrons. The summed E-state index contributed by atoms with van der Waals surface area (Å²) in [6.45, 7) is 4.11. The highest BCUT2D eigenvalue weighted by molar-refractivity contribution is 5.94. The quantitative estimate of drug-likeness (QED) is 0.865. The van der Waals surface area contributed by atoms with E-state index in [2.05, 4.69) is 29.1 Å². The minimum atomic E-state index is -0.534. The fourth-order valence-electron chi connectivity index (χ4n) is 3.34. The third-order valence-corrected chi connectivity index (χ3v) is 5.09. The number of ether oxygens (including phenoxy) is 1. The topological polar surface area (TPSA) is 81.2 Å². The first-order valence-electron chi connectivity index (χ1n) is 8.72. The Hall–Kier alpha value is -2.50. The molecule has 0 bridgehead atoms. The van der Waals surface area contributed by atoms with Gasteiger partial charge in [-0.05, 0) is 36.5 Å². The molecule has 1 saturated carbocycles. The van der Waals surface area contributed by atoms with Gasteiger partial charge in [0, 0.05) is 18.4 Å². The molecule has 0 unspecified atom stereocenters. The Bertz CT molecular complexity index is 777. The lowest BCUT2D eigenvalue weighted by Gasteiger charge is -2.34. The summed E-state index contributed by atoms with van der Waals surface area (Å²) in [6.07, 6.45) is 6.46. The summed E-state index contributed by atoms with van der Waals surface area (Å²) in [5.74, 6) is 0.250. The van der Waals surface area contributed by atoms with E-state index in [1.165, 1.54) is 6.42 Å². The van der Waals surface area contributed by atoms with Gasteiger partial charge in [0.2, 0.25) is 0 Å². The number of hydrogen-bond acceptors (Lipinski definition) is 5. The van der Waals surface area contributed by atoms with Crippen molar-refractivity contribution in [1.29, 1.82) is 0 Å². The highest BCUT2D eigenvalue weighted by Gasteiger charge is 2.28. The average molecular weight is 341 g/mol. The van der Waals surface area contributed by atoms with Crippen LogP contribution in [0.3, 0.4) is 0 Å². The molecule has 0 aliphatic heterocycles. The van der Waals surface area contributed by atoms with Gasteiger partial charge < -0.3 is 10.1 Å². The smallest absolute Gasteiger partial charge is 0.338 e. The number of esters is 1. The summed E-state index contributed by atoms with van der Waals surface area (Å²) >= 11 is 0. The molecule has 1 aliphatic rings. The SMILES string of the molecule is C[C@@H]1[C@H](C)CCC[C@H]1NC(=O)COC(=O)c1ccc2nccnc2c1. The van der Waals surface area contributed by atoms with Gasteiger partial charge in [0.1, 0.15) is 0 Å². The molecule has 1 aromatic heterocycles. The van der Waals surface area contributed by atoms with Crippen molar-refractivity contribution >= 4 is 22.9 Å². The van der Waals surface area contributed by atoms with Gasteiger partial charge in [-0.3, -0.25) is 14.8 Å². The monoisotopic (exact) mass is 341 g/mol. The molecule has 25 heavy (non-hydrogen) atoms. The number of carbonyl (C=O) groups excluding carboxylic acids is 2. The van der Waals surface area contributed by atoms with Gasteiger partial charge in [0.25, 0.3) is 5.91 Å². The second-order valence-electron chi connectivity index (χ2n) is 6.78. The van der Waals surface area contributed by atoms with Crippen molar-refractivity contribution in [3.05, 3.63) is 36.2 Å². The first kappa shape index (κ1) is 17.3. The predicted octanol–water partition coefficient (Wildman–Crippen LogP) is 2.73. The van der Waals surface area contributed by atoms with E-state index < -0.39 is 5.97 Å². The van der Waals surface area contributed by atoms with Crippen molar-refractivity contribution in [3.63, 3.8) is 0 Å². The van der Waals surface area contributed by atoms with Crippen LogP contribution in [0.25, 0.3) is 11.0 Å². The molecule has 0 radical (unpaired) electrons. The van der Waals surface area contributed by atoms with Crippen LogP contribution in [0.15, 0.2) is 30.6 Å². The van der Waals surface area contributed by atoms with E-state index in [9.17, 15) is 9.59 Å². The Labute approximate surface area is 147 Å². The van der Waals surface area contributed by atoms with Gasteiger partial charge in [-0.25, -0.2) is 4.79 Å². The third-order valence-electron chi connectivity index (χ3n) is 5.09. The van der Waals surface area contributed by atoms with Crippen molar-refractivity contribution in [2.75, 3.05) is 6.61 Å². The van der Waals surface area contributed by atoms with Gasteiger partial charge in [-0.15, -0.1) is 0 Å². The maximum absolute atomic E-state index is 12.2. The predicted molar refractivity (Wildman–Crippen MR) is 93.9 cm³/mol. The molecule has 0 saturated heterocycles. The van der Waals surface area contributed by atoms with E-state index >= 15 is 0 Å². The number of nitrogens with zero attached hydrogens (tertiary/aromatic N) is 2. The minimum Gasteiger partial charge on any atom is -0.452 e. The van der Waals surface area contributed by atoms with E-state index in [1.807, 2.05) is 0 Å². The molecular formula is C19H23N3O3. The van der Waals surface area contributed by atoms with Gasteiger partial charge >= 0.3 is 5.97 Å². The second-order valence-corrected chi connectivity index (χ2v) is 6.78. The third kappa shape index (κ3) is 4.13. The lowest BCUT2D eigenvalue weighted by atomic mass is 9.78. The van der Waals surface area contributed by atoms with E-state index in [4.69, 9.17) is 4.74 Å². The summed E-state index contributed by atoms with van der Waals surface area (Å²) in [5, 5.41) is 3.00. The fraction of sp³-hybridized carbons (Fsp3) is 0.474. The van der Waals surface area contributed by atoms with Crippen LogP contribution in [0, 0.1) is 11.8 Å². The largest absolute Gasteiger partial charge is 0.452 e. The molecule has 1 amide bonds. The molecule has 1 N–H and O–H groups in total. The summed E-state index contributed by atoms with van der Waals surface area (Å²) in [4.78, 5) is 32.6. The minimum absolute atomic E-state index is 0.158. The lowest BCUT2D eigenvalue weighted by molar-refractivity contribution is -0.125. The maximum atomic E-state index is 12.2. The Kier molecular flexibility index (Phi) is 5.26. The van der Waals surface area contributed by atoms with Crippen molar-refractivity contribution in [2.24, 2.45) is 11.8 Å². The molecule has 3 atom stereocenters. The summed E-state index contributed by atoms with van der Waals surface area (Å²) < 4.78 is 5.14. The van der Waals surface area contributed by atoms with Crippen molar-refractivity contribution in [3.8, 4) is 0 Å². The van der Waals surface area contributed by atoms with Crippen LogP contribution in [-0.4, -0.2) is 34.5 Å². The van der Waals surface area contributed by atoms with Crippen LogP contribution in [0.5, 0.6) is 0 Å². The molecule has 3 rings (SSSR count). The molecule has 6 nitrogen and oxygen atoms in total. The summed E-state index contributed by atoms with van der Waals surface area (Å²) in [5.41, 5.74) is 1.68. The zero-order valence-electron chi connectivity index (χ0n) is 14.6. The van der Waals surface area contributed by atoms with Crippen LogP contribution in [0.1, 0.15) is 43.5 Å². The molecular weight excluding hydrogens is 318 g/mol. The molecule has 0 spiro atoms.